The van der Waals surface area contributed by atoms with E-state index in [1.165, 1.54) is 0 Å². The normalized spacial score (nSPS) is 27.2. The number of hydrogen-bond acceptors (Lipinski definition) is 4. The molecule has 5 heteroatoms. The average Bonchev–Trinajstić information content (AvgIpc) is 3.22. The number of carbonyl (C=O) groups excluding carboxylic acids is 1. The van der Waals surface area contributed by atoms with E-state index in [4.69, 9.17) is 9.15 Å². The Bertz CT molecular complexity index is 545. The maximum Gasteiger partial charge on any atom is 0.220 e. The Hall–Kier alpha value is -1.33. The lowest BCUT2D eigenvalue weighted by molar-refractivity contribution is -0.136. The molecule has 132 valence electrons. The van der Waals surface area contributed by atoms with Crippen LogP contribution in [0.5, 0.6) is 0 Å². The minimum absolute atomic E-state index is 0.00242. The third-order valence-corrected chi connectivity index (χ3v) is 5.74. The highest BCUT2D eigenvalue weighted by atomic mass is 16.5. The van der Waals surface area contributed by atoms with Crippen molar-refractivity contribution in [3.8, 4) is 0 Å². The van der Waals surface area contributed by atoms with Crippen LogP contribution in [-0.2, 0) is 16.1 Å². The van der Waals surface area contributed by atoms with E-state index in [0.717, 1.165) is 70.5 Å². The van der Waals surface area contributed by atoms with Crippen molar-refractivity contribution in [2.24, 2.45) is 5.92 Å². The number of furan rings is 1. The number of nitrogens with zero attached hydrogens (tertiary/aromatic N) is 1. The highest BCUT2D eigenvalue weighted by Gasteiger charge is 2.41. The fourth-order valence-electron chi connectivity index (χ4n) is 4.17. The number of nitrogens with one attached hydrogen (secondary N) is 1. The minimum Gasteiger partial charge on any atom is -0.468 e. The van der Waals surface area contributed by atoms with Gasteiger partial charge in [-0.1, -0.05) is 0 Å². The molecule has 1 atom stereocenters. The summed E-state index contributed by atoms with van der Waals surface area (Å²) in [6.45, 7) is 3.78. The summed E-state index contributed by atoms with van der Waals surface area (Å²) in [5, 5.41) is 3.13. The van der Waals surface area contributed by atoms with Crippen molar-refractivity contribution >= 4 is 5.91 Å². The van der Waals surface area contributed by atoms with Gasteiger partial charge in [-0.2, -0.15) is 0 Å². The topological polar surface area (TPSA) is 54.7 Å². The van der Waals surface area contributed by atoms with Gasteiger partial charge in [0.25, 0.3) is 0 Å². The van der Waals surface area contributed by atoms with Crippen LogP contribution in [0, 0.1) is 5.92 Å². The van der Waals surface area contributed by atoms with Crippen LogP contribution < -0.4 is 5.32 Å². The lowest BCUT2D eigenvalue weighted by atomic mass is 9.78. The Labute approximate surface area is 143 Å². The van der Waals surface area contributed by atoms with Gasteiger partial charge in [-0.15, -0.1) is 0 Å². The average molecular weight is 332 g/mol. The number of ether oxygens (including phenoxy) is 1. The third kappa shape index (κ3) is 4.01. The van der Waals surface area contributed by atoms with Gasteiger partial charge in [0.2, 0.25) is 5.91 Å². The first-order valence-corrected chi connectivity index (χ1v) is 9.39. The zero-order valence-corrected chi connectivity index (χ0v) is 14.3. The highest BCUT2D eigenvalue weighted by Crippen LogP contribution is 2.39. The van der Waals surface area contributed by atoms with E-state index >= 15 is 0 Å². The predicted octanol–water partition coefficient (Wildman–Crippen LogP) is 2.71. The quantitative estimate of drug-likeness (QED) is 0.901. The van der Waals surface area contributed by atoms with Crippen molar-refractivity contribution in [1.82, 2.24) is 10.2 Å². The molecule has 0 radical (unpaired) electrons. The molecule has 1 unspecified atom stereocenters. The zero-order valence-electron chi connectivity index (χ0n) is 14.3. The van der Waals surface area contributed by atoms with Crippen LogP contribution in [0.3, 0.4) is 0 Å². The maximum atomic E-state index is 12.1. The van der Waals surface area contributed by atoms with Crippen LogP contribution in [-0.4, -0.2) is 42.1 Å². The van der Waals surface area contributed by atoms with Gasteiger partial charge in [0.1, 0.15) is 5.76 Å². The molecule has 5 nitrogen and oxygen atoms in total. The number of likely N-dealkylation sites (tertiary alicyclic amines) is 1. The summed E-state index contributed by atoms with van der Waals surface area (Å²) in [6.07, 6.45) is 8.93. The molecule has 1 amide bonds. The van der Waals surface area contributed by atoms with Gasteiger partial charge in [0, 0.05) is 32.2 Å². The summed E-state index contributed by atoms with van der Waals surface area (Å²) >= 11 is 0. The van der Waals surface area contributed by atoms with Gasteiger partial charge < -0.3 is 14.5 Å². The molecule has 2 saturated heterocycles. The molecule has 3 aliphatic rings. The van der Waals surface area contributed by atoms with Crippen molar-refractivity contribution in [3.05, 3.63) is 24.2 Å². The summed E-state index contributed by atoms with van der Waals surface area (Å²) in [5.74, 6) is 1.76. The van der Waals surface area contributed by atoms with Gasteiger partial charge in [-0.25, -0.2) is 0 Å². The minimum atomic E-state index is 0.00242. The molecule has 4 rings (SSSR count). The van der Waals surface area contributed by atoms with Gasteiger partial charge in [0.15, 0.2) is 0 Å². The first-order valence-electron chi connectivity index (χ1n) is 9.39. The van der Waals surface area contributed by atoms with E-state index in [0.29, 0.717) is 18.4 Å². The van der Waals surface area contributed by atoms with Crippen LogP contribution >= 0.6 is 0 Å². The van der Waals surface area contributed by atoms with Crippen molar-refractivity contribution in [3.63, 3.8) is 0 Å². The molecule has 1 N–H and O–H groups in total. The summed E-state index contributed by atoms with van der Waals surface area (Å²) in [7, 11) is 0. The molecule has 3 fully saturated rings. The molecule has 1 spiro atoms. The first-order chi connectivity index (χ1) is 11.7. The Morgan fingerprint density at radius 2 is 2.12 bits per heavy atom. The van der Waals surface area contributed by atoms with Crippen LogP contribution in [0.2, 0.25) is 0 Å². The summed E-state index contributed by atoms with van der Waals surface area (Å²) in [5.41, 5.74) is 0.00242. The standard InChI is InChI=1S/C19H28N2O3/c22-18(20-16-3-4-16)12-15-5-11-24-19(13-15)6-8-21(9-7-19)14-17-2-1-10-23-17/h1-2,10,15-16H,3-9,11-14H2,(H,20,22). The molecule has 1 aliphatic carbocycles. The Balaban J connectivity index is 1.26. The van der Waals surface area contributed by atoms with E-state index in [1.54, 1.807) is 6.26 Å². The van der Waals surface area contributed by atoms with Gasteiger partial charge in [0.05, 0.1) is 18.4 Å². The van der Waals surface area contributed by atoms with E-state index in [9.17, 15) is 4.79 Å². The van der Waals surface area contributed by atoms with E-state index in [2.05, 4.69) is 10.2 Å². The lowest BCUT2D eigenvalue weighted by Gasteiger charge is -2.46. The second-order valence-corrected chi connectivity index (χ2v) is 7.79. The number of amides is 1. The van der Waals surface area contributed by atoms with Gasteiger partial charge in [-0.05, 0) is 56.6 Å². The summed E-state index contributed by atoms with van der Waals surface area (Å²) < 4.78 is 11.7. The van der Waals surface area contributed by atoms with Crippen LogP contribution in [0.25, 0.3) is 0 Å². The molecule has 2 aliphatic heterocycles. The molecular formula is C19H28N2O3. The smallest absolute Gasteiger partial charge is 0.220 e. The fourth-order valence-corrected chi connectivity index (χ4v) is 4.17. The van der Waals surface area contributed by atoms with Crippen LogP contribution in [0.4, 0.5) is 0 Å². The third-order valence-electron chi connectivity index (χ3n) is 5.74. The summed E-state index contributed by atoms with van der Waals surface area (Å²) in [6, 6.07) is 4.45. The molecule has 1 aromatic rings. The van der Waals surface area contributed by atoms with Crippen molar-refractivity contribution < 1.29 is 13.9 Å². The van der Waals surface area contributed by atoms with Gasteiger partial charge >= 0.3 is 0 Å². The first kappa shape index (κ1) is 16.2. The molecule has 0 bridgehead atoms. The maximum absolute atomic E-state index is 12.1. The van der Waals surface area contributed by atoms with E-state index in [1.807, 2.05) is 12.1 Å². The summed E-state index contributed by atoms with van der Waals surface area (Å²) in [4.78, 5) is 14.5. The van der Waals surface area contributed by atoms with Crippen LogP contribution in [0.15, 0.2) is 22.8 Å². The SMILES string of the molecule is O=C(CC1CCOC2(CCN(Cc3ccco3)CC2)C1)NC1CC1. The highest BCUT2D eigenvalue weighted by molar-refractivity contribution is 5.76. The van der Waals surface area contributed by atoms with E-state index < -0.39 is 0 Å². The number of piperidine rings is 1. The van der Waals surface area contributed by atoms with Crippen molar-refractivity contribution in [2.75, 3.05) is 19.7 Å². The van der Waals surface area contributed by atoms with Gasteiger partial charge in [-0.3, -0.25) is 9.69 Å². The zero-order chi connectivity index (χ0) is 16.4. The number of rotatable bonds is 5. The molecule has 0 aromatic carbocycles. The number of carbonyl (C=O) groups is 1. The van der Waals surface area contributed by atoms with E-state index in [-0.39, 0.29) is 11.5 Å². The number of hydrogen-bond donors (Lipinski definition) is 1. The Morgan fingerprint density at radius 3 is 2.83 bits per heavy atom. The second-order valence-electron chi connectivity index (χ2n) is 7.79. The van der Waals surface area contributed by atoms with Crippen molar-refractivity contribution in [1.29, 1.82) is 0 Å². The fraction of sp³-hybridized carbons (Fsp3) is 0.737. The molecule has 1 saturated carbocycles. The monoisotopic (exact) mass is 332 g/mol. The molecule has 3 heterocycles. The second kappa shape index (κ2) is 6.89. The van der Waals surface area contributed by atoms with Crippen molar-refractivity contribution in [2.45, 2.75) is 63.1 Å². The Morgan fingerprint density at radius 1 is 1.29 bits per heavy atom. The largest absolute Gasteiger partial charge is 0.468 e. The van der Waals surface area contributed by atoms with Crippen LogP contribution in [0.1, 0.15) is 50.7 Å². The predicted molar refractivity (Wildman–Crippen MR) is 90.4 cm³/mol. The molecule has 24 heavy (non-hydrogen) atoms. The Kier molecular flexibility index (Phi) is 4.63. The molecular weight excluding hydrogens is 304 g/mol. The lowest BCUT2D eigenvalue weighted by Crippen LogP contribution is -2.49. The molecule has 1 aromatic heterocycles.